The van der Waals surface area contributed by atoms with Gasteiger partial charge in [-0.25, -0.2) is 9.97 Å². The number of rotatable bonds is 2. The number of hydrogen-bond acceptors (Lipinski definition) is 5. The first kappa shape index (κ1) is 11.8. The fourth-order valence-corrected chi connectivity index (χ4v) is 2.56. The number of aromatic nitrogens is 4. The number of aryl methyl sites for hydroxylation is 1. The minimum absolute atomic E-state index is 0.103. The molecule has 0 bridgehead atoms. The van der Waals surface area contributed by atoms with E-state index in [1.54, 1.807) is 31.6 Å². The molecule has 0 spiro atoms. The SMILES string of the molecule is Cc1nc([C@H]2CCCN2c2cnccn2)cc(=O)[nH]1. The van der Waals surface area contributed by atoms with Crippen molar-refractivity contribution >= 4 is 5.82 Å². The summed E-state index contributed by atoms with van der Waals surface area (Å²) in [5, 5.41) is 0. The summed E-state index contributed by atoms with van der Waals surface area (Å²) in [7, 11) is 0. The van der Waals surface area contributed by atoms with E-state index >= 15 is 0 Å². The molecule has 0 amide bonds. The van der Waals surface area contributed by atoms with E-state index in [-0.39, 0.29) is 11.6 Å². The quantitative estimate of drug-likeness (QED) is 0.875. The summed E-state index contributed by atoms with van der Waals surface area (Å²) < 4.78 is 0. The highest BCUT2D eigenvalue weighted by Gasteiger charge is 2.28. The first-order chi connectivity index (χ1) is 9.24. The molecule has 2 aromatic heterocycles. The van der Waals surface area contributed by atoms with Gasteiger partial charge in [-0.05, 0) is 19.8 Å². The molecule has 1 saturated heterocycles. The Labute approximate surface area is 110 Å². The van der Waals surface area contributed by atoms with Crippen LogP contribution in [0.1, 0.15) is 30.4 Å². The third-order valence-electron chi connectivity index (χ3n) is 3.32. The van der Waals surface area contributed by atoms with Crippen molar-refractivity contribution in [3.05, 3.63) is 46.5 Å². The van der Waals surface area contributed by atoms with Gasteiger partial charge in [0, 0.05) is 25.0 Å². The fraction of sp³-hybridized carbons (Fsp3) is 0.385. The van der Waals surface area contributed by atoms with Gasteiger partial charge < -0.3 is 9.88 Å². The normalized spacial score (nSPS) is 18.8. The van der Waals surface area contributed by atoms with Crippen LogP contribution in [0.5, 0.6) is 0 Å². The van der Waals surface area contributed by atoms with Crippen LogP contribution < -0.4 is 10.5 Å². The Hall–Kier alpha value is -2.24. The summed E-state index contributed by atoms with van der Waals surface area (Å²) >= 11 is 0. The van der Waals surface area contributed by atoms with Crippen molar-refractivity contribution in [1.29, 1.82) is 0 Å². The molecule has 6 nitrogen and oxygen atoms in total. The second-order valence-corrected chi connectivity index (χ2v) is 4.67. The molecule has 1 fully saturated rings. The molecule has 3 heterocycles. The molecular formula is C13H15N5O. The summed E-state index contributed by atoms with van der Waals surface area (Å²) in [5.74, 6) is 1.48. The summed E-state index contributed by atoms with van der Waals surface area (Å²) in [6.45, 7) is 2.71. The molecule has 1 N–H and O–H groups in total. The summed E-state index contributed by atoms with van der Waals surface area (Å²) in [6, 6.07) is 1.68. The lowest BCUT2D eigenvalue weighted by Crippen LogP contribution is -2.26. The van der Waals surface area contributed by atoms with Crippen LogP contribution in [0.4, 0.5) is 5.82 Å². The van der Waals surface area contributed by atoms with Crippen LogP contribution in [0.15, 0.2) is 29.5 Å². The standard InChI is InChI=1S/C13H15N5O/c1-9-16-10(7-13(19)17-9)11-3-2-6-18(11)12-8-14-4-5-15-12/h4-5,7-8,11H,2-3,6H2,1H3,(H,16,17,19)/t11-/m1/s1. The van der Waals surface area contributed by atoms with Crippen molar-refractivity contribution in [1.82, 2.24) is 19.9 Å². The van der Waals surface area contributed by atoms with E-state index in [0.29, 0.717) is 5.82 Å². The number of hydrogen-bond donors (Lipinski definition) is 1. The zero-order valence-electron chi connectivity index (χ0n) is 10.7. The molecule has 98 valence electrons. The van der Waals surface area contributed by atoms with Crippen LogP contribution in [0.25, 0.3) is 0 Å². The van der Waals surface area contributed by atoms with Gasteiger partial charge in [0.25, 0.3) is 5.56 Å². The van der Waals surface area contributed by atoms with Gasteiger partial charge in [0.05, 0.1) is 17.9 Å². The van der Waals surface area contributed by atoms with Crippen molar-refractivity contribution in [3.8, 4) is 0 Å². The van der Waals surface area contributed by atoms with E-state index in [9.17, 15) is 4.79 Å². The van der Waals surface area contributed by atoms with Crippen molar-refractivity contribution in [2.75, 3.05) is 11.4 Å². The predicted octanol–water partition coefficient (Wildman–Crippen LogP) is 1.21. The van der Waals surface area contributed by atoms with Gasteiger partial charge in [0.2, 0.25) is 0 Å². The molecule has 1 atom stereocenters. The third-order valence-corrected chi connectivity index (χ3v) is 3.32. The lowest BCUT2D eigenvalue weighted by molar-refractivity contribution is 0.676. The molecular weight excluding hydrogens is 242 g/mol. The monoisotopic (exact) mass is 257 g/mol. The summed E-state index contributed by atoms with van der Waals surface area (Å²) in [4.78, 5) is 29.3. The van der Waals surface area contributed by atoms with Gasteiger partial charge in [-0.1, -0.05) is 0 Å². The Morgan fingerprint density at radius 3 is 3.05 bits per heavy atom. The maximum absolute atomic E-state index is 11.6. The molecule has 0 radical (unpaired) electrons. The average Bonchev–Trinajstić information content (AvgIpc) is 2.88. The maximum atomic E-state index is 11.6. The first-order valence-electron chi connectivity index (χ1n) is 6.34. The lowest BCUT2D eigenvalue weighted by atomic mass is 10.1. The Morgan fingerprint density at radius 2 is 2.32 bits per heavy atom. The zero-order chi connectivity index (χ0) is 13.2. The Kier molecular flexibility index (Phi) is 2.98. The highest BCUT2D eigenvalue weighted by molar-refractivity contribution is 5.40. The van der Waals surface area contributed by atoms with Crippen molar-refractivity contribution in [2.45, 2.75) is 25.8 Å². The number of nitrogens with one attached hydrogen (secondary N) is 1. The van der Waals surface area contributed by atoms with E-state index in [4.69, 9.17) is 0 Å². The van der Waals surface area contributed by atoms with Gasteiger partial charge in [-0.15, -0.1) is 0 Å². The number of H-pyrrole nitrogens is 1. The molecule has 6 heteroatoms. The van der Waals surface area contributed by atoms with Crippen LogP contribution in [-0.2, 0) is 0 Å². The Balaban J connectivity index is 1.97. The van der Waals surface area contributed by atoms with Crippen LogP contribution in [0.3, 0.4) is 0 Å². The molecule has 1 aliphatic heterocycles. The van der Waals surface area contributed by atoms with E-state index in [2.05, 4.69) is 24.8 Å². The molecule has 2 aromatic rings. The van der Waals surface area contributed by atoms with Crippen LogP contribution in [0, 0.1) is 6.92 Å². The highest BCUT2D eigenvalue weighted by Crippen LogP contribution is 2.33. The third kappa shape index (κ3) is 2.33. The second-order valence-electron chi connectivity index (χ2n) is 4.67. The number of anilines is 1. The molecule has 0 aliphatic carbocycles. The van der Waals surface area contributed by atoms with Gasteiger partial charge in [0.1, 0.15) is 11.6 Å². The molecule has 0 unspecified atom stereocenters. The highest BCUT2D eigenvalue weighted by atomic mass is 16.1. The second kappa shape index (κ2) is 4.79. The van der Waals surface area contributed by atoms with Crippen molar-refractivity contribution < 1.29 is 0 Å². The lowest BCUT2D eigenvalue weighted by Gasteiger charge is -2.24. The van der Waals surface area contributed by atoms with E-state index in [1.807, 2.05) is 0 Å². The van der Waals surface area contributed by atoms with E-state index in [0.717, 1.165) is 30.9 Å². The Bertz CT molecular complexity index is 624. The maximum Gasteiger partial charge on any atom is 0.251 e. The number of nitrogens with zero attached hydrogens (tertiary/aromatic N) is 4. The van der Waals surface area contributed by atoms with Crippen LogP contribution in [0.2, 0.25) is 0 Å². The minimum atomic E-state index is -0.103. The van der Waals surface area contributed by atoms with Crippen molar-refractivity contribution in [3.63, 3.8) is 0 Å². The van der Waals surface area contributed by atoms with Gasteiger partial charge >= 0.3 is 0 Å². The summed E-state index contributed by atoms with van der Waals surface area (Å²) in [6.07, 6.45) is 7.13. The first-order valence-corrected chi connectivity index (χ1v) is 6.34. The summed E-state index contributed by atoms with van der Waals surface area (Å²) in [5.41, 5.74) is 0.706. The minimum Gasteiger partial charge on any atom is -0.347 e. The topological polar surface area (TPSA) is 74.8 Å². The molecule has 19 heavy (non-hydrogen) atoms. The predicted molar refractivity (Wildman–Crippen MR) is 70.9 cm³/mol. The number of aromatic amines is 1. The van der Waals surface area contributed by atoms with E-state index in [1.165, 1.54) is 0 Å². The Morgan fingerprint density at radius 1 is 1.42 bits per heavy atom. The van der Waals surface area contributed by atoms with Gasteiger partial charge in [-0.3, -0.25) is 9.78 Å². The van der Waals surface area contributed by atoms with Crippen LogP contribution >= 0.6 is 0 Å². The average molecular weight is 257 g/mol. The molecule has 0 saturated carbocycles. The van der Waals surface area contributed by atoms with Crippen molar-refractivity contribution in [2.24, 2.45) is 0 Å². The molecule has 3 rings (SSSR count). The molecule has 0 aromatic carbocycles. The fourth-order valence-electron chi connectivity index (χ4n) is 2.56. The van der Waals surface area contributed by atoms with Gasteiger partial charge in [0.15, 0.2) is 0 Å². The molecule has 1 aliphatic rings. The smallest absolute Gasteiger partial charge is 0.251 e. The largest absolute Gasteiger partial charge is 0.347 e. The zero-order valence-corrected chi connectivity index (χ0v) is 10.7. The van der Waals surface area contributed by atoms with Crippen LogP contribution in [-0.4, -0.2) is 26.5 Å². The van der Waals surface area contributed by atoms with Gasteiger partial charge in [-0.2, -0.15) is 0 Å². The van der Waals surface area contributed by atoms with E-state index < -0.39 is 0 Å².